The van der Waals surface area contributed by atoms with E-state index < -0.39 is 6.23 Å². The minimum Gasteiger partial charge on any atom is -0.449 e. The molecule has 2 heterocycles. The van der Waals surface area contributed by atoms with Gasteiger partial charge in [0.25, 0.3) is 0 Å². The lowest BCUT2D eigenvalue weighted by Gasteiger charge is -2.19. The van der Waals surface area contributed by atoms with Crippen LogP contribution in [0.2, 0.25) is 0 Å². The molecule has 0 spiro atoms. The van der Waals surface area contributed by atoms with E-state index in [-0.39, 0.29) is 11.7 Å². The van der Waals surface area contributed by atoms with Gasteiger partial charge in [-0.2, -0.15) is 5.01 Å². The van der Waals surface area contributed by atoms with Gasteiger partial charge >= 0.3 is 0 Å². The lowest BCUT2D eigenvalue weighted by atomic mass is 10.2. The van der Waals surface area contributed by atoms with Crippen LogP contribution in [0.1, 0.15) is 18.7 Å². The monoisotopic (exact) mass is 473 g/mol. The molecule has 1 aliphatic rings. The van der Waals surface area contributed by atoms with E-state index >= 15 is 0 Å². The Hall–Kier alpha value is -3.98. The van der Waals surface area contributed by atoms with Gasteiger partial charge in [-0.15, -0.1) is 15.3 Å². The molecule has 0 aliphatic carbocycles. The first kappa shape index (κ1) is 21.8. The van der Waals surface area contributed by atoms with Crippen LogP contribution < -0.4 is 0 Å². The third kappa shape index (κ3) is 4.42. The first-order valence-corrected chi connectivity index (χ1v) is 11.6. The Morgan fingerprint density at radius 2 is 1.65 bits per heavy atom. The topological polar surface area (TPSA) is 72.6 Å². The molecule has 1 amide bonds. The highest BCUT2D eigenvalue weighted by Gasteiger charge is 2.32. The van der Waals surface area contributed by atoms with Gasteiger partial charge in [0, 0.05) is 23.7 Å². The summed E-state index contributed by atoms with van der Waals surface area (Å²) in [7, 11) is 0. The highest BCUT2D eigenvalue weighted by atomic mass is 32.2. The number of benzene rings is 3. The van der Waals surface area contributed by atoms with Crippen LogP contribution in [0.4, 0.5) is 4.39 Å². The summed E-state index contributed by atoms with van der Waals surface area (Å²) < 4.78 is 21.3. The van der Waals surface area contributed by atoms with Crippen LogP contribution in [0, 0.1) is 5.82 Å². The standard InChI is InChI=1S/C25H20FN5O2S/c1-17(32)31-24(19-12-14-20(26)15-13-19)33-22(29-31)16-34-25-28-27-23(18-8-4-2-5-9-18)30(25)21-10-6-3-7-11-21/h2-15,24H,16H2,1H3/t24-/m0/s1. The third-order valence-corrected chi connectivity index (χ3v) is 6.09. The van der Waals surface area contributed by atoms with Gasteiger partial charge in [0.15, 0.2) is 11.0 Å². The normalized spacial score (nSPS) is 15.2. The molecule has 9 heteroatoms. The molecule has 4 aromatic rings. The molecule has 7 nitrogen and oxygen atoms in total. The second-order valence-electron chi connectivity index (χ2n) is 7.51. The number of ether oxygens (including phenoxy) is 1. The second kappa shape index (κ2) is 9.48. The summed E-state index contributed by atoms with van der Waals surface area (Å²) >= 11 is 1.40. The van der Waals surface area contributed by atoms with E-state index in [0.29, 0.717) is 22.4 Å². The summed E-state index contributed by atoms with van der Waals surface area (Å²) in [6, 6.07) is 25.5. The van der Waals surface area contributed by atoms with Gasteiger partial charge in [-0.25, -0.2) is 4.39 Å². The molecule has 0 N–H and O–H groups in total. The van der Waals surface area contributed by atoms with Crippen molar-refractivity contribution in [1.29, 1.82) is 0 Å². The third-order valence-electron chi connectivity index (χ3n) is 5.17. The van der Waals surface area contributed by atoms with Gasteiger partial charge in [-0.05, 0) is 24.3 Å². The number of halogens is 1. The zero-order chi connectivity index (χ0) is 23.5. The lowest BCUT2D eigenvalue weighted by Crippen LogP contribution is -2.25. The molecule has 0 saturated carbocycles. The molecule has 0 unspecified atom stereocenters. The smallest absolute Gasteiger partial charge is 0.243 e. The number of hydrogen-bond acceptors (Lipinski definition) is 6. The SMILES string of the molecule is CC(=O)N1N=C(CSc2nnc(-c3ccccc3)n2-c2ccccc2)O[C@H]1c1ccc(F)cc1. The highest BCUT2D eigenvalue weighted by Crippen LogP contribution is 2.32. The van der Waals surface area contributed by atoms with Crippen molar-refractivity contribution in [3.05, 3.63) is 96.3 Å². The van der Waals surface area contributed by atoms with Gasteiger partial charge in [0.2, 0.25) is 18.0 Å². The fraction of sp³-hybridized carbons (Fsp3) is 0.120. The summed E-state index contributed by atoms with van der Waals surface area (Å²) in [6.45, 7) is 1.41. The van der Waals surface area contributed by atoms with E-state index in [4.69, 9.17) is 4.74 Å². The number of nitrogens with zero attached hydrogens (tertiary/aromatic N) is 5. The number of hydrazone groups is 1. The molecule has 170 valence electrons. The number of rotatable bonds is 6. The average Bonchev–Trinajstić information content (AvgIpc) is 3.49. The molecular formula is C25H20FN5O2S. The Labute approximate surface area is 199 Å². The maximum Gasteiger partial charge on any atom is 0.243 e. The highest BCUT2D eigenvalue weighted by molar-refractivity contribution is 7.99. The fourth-order valence-corrected chi connectivity index (χ4v) is 4.38. The summed E-state index contributed by atoms with van der Waals surface area (Å²) in [5.41, 5.74) is 2.51. The number of carbonyl (C=O) groups is 1. The van der Waals surface area contributed by atoms with E-state index in [1.165, 1.54) is 35.8 Å². The van der Waals surface area contributed by atoms with Gasteiger partial charge in [-0.3, -0.25) is 9.36 Å². The average molecular weight is 474 g/mol. The fourth-order valence-electron chi connectivity index (χ4n) is 3.58. The van der Waals surface area contributed by atoms with Crippen LogP contribution in [-0.4, -0.2) is 37.3 Å². The number of amides is 1. The Morgan fingerprint density at radius 1 is 0.971 bits per heavy atom. The maximum absolute atomic E-state index is 13.3. The Bertz CT molecular complexity index is 1330. The number of carbonyl (C=O) groups excluding carboxylic acids is 1. The van der Waals surface area contributed by atoms with Crippen molar-refractivity contribution < 1.29 is 13.9 Å². The molecule has 1 aromatic heterocycles. The quantitative estimate of drug-likeness (QED) is 0.366. The van der Waals surface area contributed by atoms with Crippen molar-refractivity contribution in [3.63, 3.8) is 0 Å². The molecule has 5 rings (SSSR count). The molecule has 1 aliphatic heterocycles. The van der Waals surface area contributed by atoms with Crippen molar-refractivity contribution in [2.75, 3.05) is 5.75 Å². The second-order valence-corrected chi connectivity index (χ2v) is 8.45. The molecule has 0 saturated heterocycles. The van der Waals surface area contributed by atoms with Crippen LogP contribution in [0.25, 0.3) is 17.1 Å². The van der Waals surface area contributed by atoms with E-state index in [2.05, 4.69) is 15.3 Å². The van der Waals surface area contributed by atoms with E-state index in [1.807, 2.05) is 65.2 Å². The molecule has 0 bridgehead atoms. The first-order chi connectivity index (χ1) is 16.6. The minimum absolute atomic E-state index is 0.270. The van der Waals surface area contributed by atoms with Crippen LogP contribution in [0.3, 0.4) is 0 Å². The predicted octanol–water partition coefficient (Wildman–Crippen LogP) is 5.06. The van der Waals surface area contributed by atoms with Crippen LogP contribution in [0.5, 0.6) is 0 Å². The number of thioether (sulfide) groups is 1. The Kier molecular flexibility index (Phi) is 6.09. The largest absolute Gasteiger partial charge is 0.449 e. The number of para-hydroxylation sites is 1. The molecular weight excluding hydrogens is 453 g/mol. The van der Waals surface area contributed by atoms with E-state index in [1.54, 1.807) is 12.1 Å². The number of aromatic nitrogens is 3. The molecule has 34 heavy (non-hydrogen) atoms. The lowest BCUT2D eigenvalue weighted by molar-refractivity contribution is -0.135. The Balaban J connectivity index is 1.41. The van der Waals surface area contributed by atoms with Crippen LogP contribution in [-0.2, 0) is 9.53 Å². The summed E-state index contributed by atoms with van der Waals surface area (Å²) in [5.74, 6) is 0.799. The molecule has 0 radical (unpaired) electrons. The molecule has 1 atom stereocenters. The Morgan fingerprint density at radius 3 is 2.32 bits per heavy atom. The zero-order valence-corrected chi connectivity index (χ0v) is 19.0. The van der Waals surface area contributed by atoms with Crippen molar-refractivity contribution in [2.45, 2.75) is 18.3 Å². The molecule has 3 aromatic carbocycles. The van der Waals surface area contributed by atoms with Gasteiger partial charge in [0.1, 0.15) is 5.82 Å². The van der Waals surface area contributed by atoms with Crippen molar-refractivity contribution >= 4 is 23.6 Å². The van der Waals surface area contributed by atoms with Gasteiger partial charge < -0.3 is 4.74 Å². The van der Waals surface area contributed by atoms with Crippen LogP contribution >= 0.6 is 11.8 Å². The van der Waals surface area contributed by atoms with E-state index in [0.717, 1.165) is 17.1 Å². The zero-order valence-electron chi connectivity index (χ0n) is 18.2. The van der Waals surface area contributed by atoms with Crippen molar-refractivity contribution in [1.82, 2.24) is 19.8 Å². The predicted molar refractivity (Wildman–Crippen MR) is 128 cm³/mol. The van der Waals surface area contributed by atoms with Gasteiger partial charge in [0.05, 0.1) is 5.75 Å². The van der Waals surface area contributed by atoms with Crippen LogP contribution in [0.15, 0.2) is 95.2 Å². The summed E-state index contributed by atoms with van der Waals surface area (Å²) in [5, 5.41) is 15.1. The number of hydrogen-bond donors (Lipinski definition) is 0. The maximum atomic E-state index is 13.3. The van der Waals surface area contributed by atoms with Gasteiger partial charge in [-0.1, -0.05) is 72.4 Å². The minimum atomic E-state index is -0.736. The van der Waals surface area contributed by atoms with Crippen molar-refractivity contribution in [2.24, 2.45) is 5.10 Å². The summed E-state index contributed by atoms with van der Waals surface area (Å²) in [6.07, 6.45) is -0.736. The van der Waals surface area contributed by atoms with Crippen molar-refractivity contribution in [3.8, 4) is 17.1 Å². The first-order valence-electron chi connectivity index (χ1n) is 10.6. The molecule has 0 fully saturated rings. The summed E-state index contributed by atoms with van der Waals surface area (Å²) in [4.78, 5) is 12.1. The van der Waals surface area contributed by atoms with E-state index in [9.17, 15) is 9.18 Å².